The lowest BCUT2D eigenvalue weighted by molar-refractivity contribution is 0.254. The molecular weight excluding hydrogens is 492 g/mol. The molecule has 0 saturated carbocycles. The number of allylic oxidation sites excluding steroid dienone is 3. The van der Waals surface area contributed by atoms with Gasteiger partial charge in [0, 0.05) is 22.9 Å². The van der Waals surface area contributed by atoms with E-state index in [4.69, 9.17) is 15.1 Å². The summed E-state index contributed by atoms with van der Waals surface area (Å²) >= 11 is 0. The SMILES string of the molecule is C=C/C=C\C.N=C(N=C(c1ccccc1)c1ccc2ccccc2c1)c1ccc(C2Nc3ccccc3O2)nc1. The van der Waals surface area contributed by atoms with Crippen molar-refractivity contribution in [2.75, 3.05) is 5.32 Å². The molecule has 1 unspecified atom stereocenters. The van der Waals surface area contributed by atoms with Crippen LogP contribution in [0.2, 0.25) is 0 Å². The van der Waals surface area contributed by atoms with Crippen LogP contribution in [0.4, 0.5) is 5.69 Å². The fourth-order valence-corrected chi connectivity index (χ4v) is 4.36. The van der Waals surface area contributed by atoms with Crippen molar-refractivity contribution in [2.45, 2.75) is 13.2 Å². The summed E-state index contributed by atoms with van der Waals surface area (Å²) in [6.45, 7) is 5.42. The first-order valence-corrected chi connectivity index (χ1v) is 13.1. The Labute approximate surface area is 234 Å². The fourth-order valence-electron chi connectivity index (χ4n) is 4.36. The van der Waals surface area contributed by atoms with Gasteiger partial charge in [-0.25, -0.2) is 4.99 Å². The average Bonchev–Trinajstić information content (AvgIpc) is 3.45. The molecule has 0 amide bonds. The number of nitrogens with zero attached hydrogens (tertiary/aromatic N) is 2. The monoisotopic (exact) mass is 522 g/mol. The number of aliphatic imine (C=N–C) groups is 1. The van der Waals surface area contributed by atoms with Crippen molar-refractivity contribution >= 4 is 28.0 Å². The van der Waals surface area contributed by atoms with Crippen molar-refractivity contribution in [3.05, 3.63) is 163 Å². The minimum atomic E-state index is -0.350. The van der Waals surface area contributed by atoms with Gasteiger partial charge in [0.15, 0.2) is 5.84 Å². The predicted molar refractivity (Wildman–Crippen MR) is 166 cm³/mol. The van der Waals surface area contributed by atoms with Crippen LogP contribution in [0.15, 0.2) is 145 Å². The third-order valence-electron chi connectivity index (χ3n) is 6.37. The second kappa shape index (κ2) is 12.5. The largest absolute Gasteiger partial charge is 0.463 e. The highest BCUT2D eigenvalue weighted by Gasteiger charge is 2.24. The number of para-hydroxylation sites is 2. The number of fused-ring (bicyclic) bond motifs is 2. The minimum absolute atomic E-state index is 0.152. The maximum atomic E-state index is 8.73. The number of benzene rings is 4. The van der Waals surface area contributed by atoms with Gasteiger partial charge >= 0.3 is 0 Å². The van der Waals surface area contributed by atoms with Crippen molar-refractivity contribution < 1.29 is 4.74 Å². The Morgan fingerprint density at radius 3 is 2.27 bits per heavy atom. The zero-order valence-electron chi connectivity index (χ0n) is 22.3. The second-order valence-corrected chi connectivity index (χ2v) is 9.11. The molecule has 0 bridgehead atoms. The normalized spacial score (nSPS) is 14.0. The van der Waals surface area contributed by atoms with Crippen LogP contribution in [-0.2, 0) is 0 Å². The first kappa shape index (κ1) is 26.3. The van der Waals surface area contributed by atoms with E-state index in [0.29, 0.717) is 5.56 Å². The summed E-state index contributed by atoms with van der Waals surface area (Å²) in [4.78, 5) is 9.33. The van der Waals surface area contributed by atoms with E-state index in [2.05, 4.69) is 47.2 Å². The van der Waals surface area contributed by atoms with E-state index in [-0.39, 0.29) is 12.1 Å². The van der Waals surface area contributed by atoms with Gasteiger partial charge in [0.1, 0.15) is 11.4 Å². The first-order chi connectivity index (χ1) is 19.7. The Hall–Kier alpha value is -5.29. The van der Waals surface area contributed by atoms with Gasteiger partial charge in [0.25, 0.3) is 0 Å². The molecule has 4 aromatic carbocycles. The summed E-state index contributed by atoms with van der Waals surface area (Å²) in [5.41, 5.74) is 5.01. The zero-order chi connectivity index (χ0) is 27.7. The number of aromatic nitrogens is 1. The summed E-state index contributed by atoms with van der Waals surface area (Å²) in [5.74, 6) is 0.961. The Kier molecular flexibility index (Phi) is 8.23. The van der Waals surface area contributed by atoms with Crippen LogP contribution in [0.25, 0.3) is 10.8 Å². The summed E-state index contributed by atoms with van der Waals surface area (Å²) in [6, 6.07) is 36.1. The van der Waals surface area contributed by atoms with Crippen LogP contribution in [0.1, 0.15) is 35.5 Å². The summed E-state index contributed by atoms with van der Waals surface area (Å²) in [7, 11) is 0. The number of hydrogen-bond acceptors (Lipinski definition) is 4. The topological polar surface area (TPSA) is 70.4 Å². The highest BCUT2D eigenvalue weighted by molar-refractivity contribution is 6.19. The molecule has 1 aromatic heterocycles. The van der Waals surface area contributed by atoms with Gasteiger partial charge < -0.3 is 10.1 Å². The van der Waals surface area contributed by atoms with E-state index in [0.717, 1.165) is 39.4 Å². The lowest BCUT2D eigenvalue weighted by Gasteiger charge is -2.12. The molecule has 5 nitrogen and oxygen atoms in total. The molecule has 2 heterocycles. The molecule has 1 aliphatic rings. The Bertz CT molecular complexity index is 1660. The van der Waals surface area contributed by atoms with E-state index in [9.17, 15) is 0 Å². The molecule has 0 spiro atoms. The van der Waals surface area contributed by atoms with Crippen molar-refractivity contribution in [1.29, 1.82) is 5.41 Å². The summed E-state index contributed by atoms with van der Waals surface area (Å²) in [5, 5.41) is 14.4. The number of nitrogens with one attached hydrogen (secondary N) is 2. The van der Waals surface area contributed by atoms with Crippen molar-refractivity contribution in [1.82, 2.24) is 4.98 Å². The highest BCUT2D eigenvalue weighted by atomic mass is 16.5. The molecule has 0 saturated heterocycles. The van der Waals surface area contributed by atoms with Crippen molar-refractivity contribution in [2.24, 2.45) is 4.99 Å². The van der Waals surface area contributed by atoms with E-state index in [1.807, 2.05) is 97.9 Å². The minimum Gasteiger partial charge on any atom is -0.463 e. The third kappa shape index (κ3) is 6.05. The summed E-state index contributed by atoms with van der Waals surface area (Å²) in [6.07, 6.45) is 6.90. The van der Waals surface area contributed by atoms with Crippen LogP contribution in [0, 0.1) is 5.41 Å². The summed E-state index contributed by atoms with van der Waals surface area (Å²) < 4.78 is 5.95. The Balaban J connectivity index is 0.000000595. The van der Waals surface area contributed by atoms with Crippen LogP contribution >= 0.6 is 0 Å². The smallest absolute Gasteiger partial charge is 0.213 e. The molecule has 1 atom stereocenters. The van der Waals surface area contributed by atoms with Gasteiger partial charge in [-0.05, 0) is 48.0 Å². The lowest BCUT2D eigenvalue weighted by Crippen LogP contribution is -2.13. The van der Waals surface area contributed by atoms with Crippen LogP contribution in [0.3, 0.4) is 0 Å². The lowest BCUT2D eigenvalue weighted by atomic mass is 9.99. The van der Waals surface area contributed by atoms with Crippen LogP contribution < -0.4 is 10.1 Å². The quantitative estimate of drug-likeness (QED) is 0.138. The maximum Gasteiger partial charge on any atom is 0.213 e. The van der Waals surface area contributed by atoms with Crippen LogP contribution in [0.5, 0.6) is 5.75 Å². The predicted octanol–water partition coefficient (Wildman–Crippen LogP) is 8.35. The number of pyridine rings is 1. The zero-order valence-corrected chi connectivity index (χ0v) is 22.3. The van der Waals surface area contributed by atoms with E-state index >= 15 is 0 Å². The van der Waals surface area contributed by atoms with Gasteiger partial charge in [-0.1, -0.05) is 104 Å². The molecule has 5 heteroatoms. The number of amidine groups is 1. The fraction of sp³-hybridized carbons (Fsp3) is 0.0571. The van der Waals surface area contributed by atoms with E-state index in [1.165, 1.54) is 5.39 Å². The van der Waals surface area contributed by atoms with E-state index < -0.39 is 0 Å². The molecular formula is C35H30N4O. The van der Waals surface area contributed by atoms with Crippen molar-refractivity contribution in [3.63, 3.8) is 0 Å². The number of hydrogen-bond donors (Lipinski definition) is 2. The van der Waals surface area contributed by atoms with Crippen LogP contribution in [-0.4, -0.2) is 16.5 Å². The molecule has 0 radical (unpaired) electrons. The molecule has 40 heavy (non-hydrogen) atoms. The molecule has 5 aromatic rings. The standard InChI is InChI=1S/C30H22N4O.C5H8/c31-29(24-16-17-26(32-19-24)30-33-25-12-6-7-13-27(25)35-30)34-28(21-9-2-1-3-10-21)23-15-14-20-8-4-5-11-22(20)18-23;1-3-5-4-2/h1-19,30-31,33H;3-5H,1H2,2H3/b;5-4-. The third-order valence-corrected chi connectivity index (χ3v) is 6.37. The van der Waals surface area contributed by atoms with Gasteiger partial charge in [-0.15, -0.1) is 0 Å². The van der Waals surface area contributed by atoms with E-state index in [1.54, 1.807) is 12.3 Å². The Morgan fingerprint density at radius 2 is 1.57 bits per heavy atom. The number of anilines is 1. The number of ether oxygens (including phenoxy) is 1. The molecule has 6 rings (SSSR count). The first-order valence-electron chi connectivity index (χ1n) is 13.1. The van der Waals surface area contributed by atoms with Gasteiger partial charge in [0.05, 0.1) is 11.4 Å². The van der Waals surface area contributed by atoms with Gasteiger partial charge in [-0.3, -0.25) is 10.4 Å². The van der Waals surface area contributed by atoms with Crippen molar-refractivity contribution in [3.8, 4) is 5.75 Å². The molecule has 196 valence electrons. The van der Waals surface area contributed by atoms with Gasteiger partial charge in [0.2, 0.25) is 6.23 Å². The van der Waals surface area contributed by atoms with Gasteiger partial charge in [-0.2, -0.15) is 0 Å². The molecule has 2 N–H and O–H groups in total. The number of rotatable bonds is 5. The maximum absolute atomic E-state index is 8.73. The highest BCUT2D eigenvalue weighted by Crippen LogP contribution is 2.36. The molecule has 0 fully saturated rings. The molecule has 0 aliphatic carbocycles. The Morgan fingerprint density at radius 1 is 0.850 bits per heavy atom. The average molecular weight is 523 g/mol. The molecule has 1 aliphatic heterocycles. The second-order valence-electron chi connectivity index (χ2n) is 9.11.